The van der Waals surface area contributed by atoms with Gasteiger partial charge >= 0.3 is 0 Å². The van der Waals surface area contributed by atoms with Crippen molar-refractivity contribution in [1.82, 2.24) is 10.3 Å². The molecule has 1 heterocycles. The summed E-state index contributed by atoms with van der Waals surface area (Å²) in [5.41, 5.74) is 2.05. The van der Waals surface area contributed by atoms with E-state index in [9.17, 15) is 9.90 Å². The third kappa shape index (κ3) is 6.50. The molecule has 152 valence electrons. The van der Waals surface area contributed by atoms with Crippen LogP contribution in [0.5, 0.6) is 5.75 Å². The van der Waals surface area contributed by atoms with Crippen molar-refractivity contribution in [3.05, 3.63) is 58.9 Å². The van der Waals surface area contributed by atoms with Gasteiger partial charge in [0.1, 0.15) is 5.75 Å². The van der Waals surface area contributed by atoms with Crippen LogP contribution in [-0.2, 0) is 16.6 Å². The lowest BCUT2D eigenvalue weighted by molar-refractivity contribution is -0.127. The lowest BCUT2D eigenvalue weighted by Gasteiger charge is -2.21. The first-order valence-electron chi connectivity index (χ1n) is 9.45. The van der Waals surface area contributed by atoms with Crippen LogP contribution in [0.3, 0.4) is 0 Å². The first kappa shape index (κ1) is 22.2. The van der Waals surface area contributed by atoms with Crippen LogP contribution < -0.4 is 10.1 Å². The summed E-state index contributed by atoms with van der Waals surface area (Å²) in [6.45, 7) is 8.39. The fraction of sp³-hybridized carbons (Fsp3) is 0.455. The number of hydrogen-bond acceptors (Lipinski definition) is 4. The normalized spacial score (nSPS) is 13.6. The molecule has 0 aliphatic heterocycles. The van der Waals surface area contributed by atoms with Gasteiger partial charge in [0.15, 0.2) is 6.10 Å². The van der Waals surface area contributed by atoms with Gasteiger partial charge in [0, 0.05) is 31.5 Å². The largest absolute Gasteiger partial charge is 0.481 e. The van der Waals surface area contributed by atoms with Gasteiger partial charge in [0.2, 0.25) is 0 Å². The second-order valence-electron chi connectivity index (χ2n) is 8.00. The molecule has 2 rings (SSSR count). The van der Waals surface area contributed by atoms with E-state index in [4.69, 9.17) is 16.3 Å². The smallest absolute Gasteiger partial charge is 0.260 e. The zero-order chi connectivity index (χ0) is 20.7. The van der Waals surface area contributed by atoms with Gasteiger partial charge in [-0.3, -0.25) is 9.78 Å². The Morgan fingerprint density at radius 1 is 1.32 bits per heavy atom. The first-order valence-corrected chi connectivity index (χ1v) is 9.82. The molecule has 0 fully saturated rings. The third-order valence-corrected chi connectivity index (χ3v) is 4.91. The van der Waals surface area contributed by atoms with Gasteiger partial charge in [-0.15, -0.1) is 0 Å². The van der Waals surface area contributed by atoms with Crippen molar-refractivity contribution >= 4 is 17.5 Å². The predicted molar refractivity (Wildman–Crippen MR) is 112 cm³/mol. The summed E-state index contributed by atoms with van der Waals surface area (Å²) in [4.78, 5) is 16.4. The molecule has 0 spiro atoms. The average molecular weight is 405 g/mol. The molecule has 0 saturated carbocycles. The SMILES string of the molecule is CC(Oc1cccc(C(C)(C)C)c1)C(=O)NCC(CO)Cc1ccncc1Cl. The summed E-state index contributed by atoms with van der Waals surface area (Å²) < 4.78 is 5.81. The molecule has 0 aliphatic carbocycles. The van der Waals surface area contributed by atoms with E-state index >= 15 is 0 Å². The lowest BCUT2D eigenvalue weighted by Crippen LogP contribution is -2.40. The number of hydrogen-bond donors (Lipinski definition) is 2. The average Bonchev–Trinajstić information content (AvgIpc) is 2.65. The zero-order valence-corrected chi connectivity index (χ0v) is 17.7. The Morgan fingerprint density at radius 2 is 2.07 bits per heavy atom. The number of aliphatic hydroxyl groups is 1. The Kier molecular flexibility index (Phi) is 7.84. The highest BCUT2D eigenvalue weighted by atomic mass is 35.5. The number of amides is 1. The monoisotopic (exact) mass is 404 g/mol. The van der Waals surface area contributed by atoms with Crippen molar-refractivity contribution in [3.63, 3.8) is 0 Å². The fourth-order valence-electron chi connectivity index (χ4n) is 2.76. The number of pyridine rings is 1. The summed E-state index contributed by atoms with van der Waals surface area (Å²) in [6.07, 6.45) is 3.15. The summed E-state index contributed by atoms with van der Waals surface area (Å²) >= 11 is 6.12. The van der Waals surface area contributed by atoms with E-state index in [0.29, 0.717) is 23.7 Å². The fourth-order valence-corrected chi connectivity index (χ4v) is 2.96. The highest BCUT2D eigenvalue weighted by molar-refractivity contribution is 6.31. The molecule has 0 bridgehead atoms. The third-order valence-electron chi connectivity index (χ3n) is 4.57. The molecule has 28 heavy (non-hydrogen) atoms. The molecule has 1 aromatic carbocycles. The standard InChI is InChI=1S/C22H29ClN2O3/c1-15(28-19-7-5-6-18(11-19)22(2,3)4)21(27)25-12-16(14-26)10-17-8-9-24-13-20(17)23/h5-9,11,13,15-16,26H,10,12,14H2,1-4H3,(H,25,27). The van der Waals surface area contributed by atoms with Crippen molar-refractivity contribution < 1.29 is 14.6 Å². The Bertz CT molecular complexity index is 789. The van der Waals surface area contributed by atoms with Gasteiger partial charge in [-0.05, 0) is 48.1 Å². The van der Waals surface area contributed by atoms with Gasteiger partial charge < -0.3 is 15.2 Å². The number of nitrogens with zero attached hydrogens (tertiary/aromatic N) is 1. The minimum Gasteiger partial charge on any atom is -0.481 e. The zero-order valence-electron chi connectivity index (χ0n) is 16.9. The maximum absolute atomic E-state index is 12.4. The number of ether oxygens (including phenoxy) is 1. The quantitative estimate of drug-likeness (QED) is 0.702. The van der Waals surface area contributed by atoms with Crippen LogP contribution in [0.2, 0.25) is 5.02 Å². The second kappa shape index (κ2) is 9.89. The van der Waals surface area contributed by atoms with Crippen LogP contribution in [0, 0.1) is 5.92 Å². The maximum atomic E-state index is 12.4. The van der Waals surface area contributed by atoms with Crippen LogP contribution in [0.1, 0.15) is 38.8 Å². The molecule has 0 aliphatic rings. The van der Waals surface area contributed by atoms with E-state index in [1.54, 1.807) is 19.3 Å². The summed E-state index contributed by atoms with van der Waals surface area (Å²) in [7, 11) is 0. The van der Waals surface area contributed by atoms with Gasteiger partial charge in [0.25, 0.3) is 5.91 Å². The van der Waals surface area contributed by atoms with Crippen molar-refractivity contribution in [2.24, 2.45) is 5.92 Å². The van der Waals surface area contributed by atoms with Crippen molar-refractivity contribution in [3.8, 4) is 5.75 Å². The van der Waals surface area contributed by atoms with Crippen LogP contribution in [0.4, 0.5) is 0 Å². The first-order chi connectivity index (χ1) is 13.2. The molecule has 6 heteroatoms. The molecule has 2 N–H and O–H groups in total. The number of nitrogens with one attached hydrogen (secondary N) is 1. The molecule has 1 aromatic heterocycles. The number of benzene rings is 1. The highest BCUT2D eigenvalue weighted by Crippen LogP contribution is 2.26. The second-order valence-corrected chi connectivity index (χ2v) is 8.41. The Hall–Kier alpha value is -2.11. The lowest BCUT2D eigenvalue weighted by atomic mass is 9.87. The maximum Gasteiger partial charge on any atom is 0.260 e. The van der Waals surface area contributed by atoms with Gasteiger partial charge in [0.05, 0.1) is 5.02 Å². The topological polar surface area (TPSA) is 71.5 Å². The van der Waals surface area contributed by atoms with Crippen molar-refractivity contribution in [2.45, 2.75) is 45.6 Å². The van der Waals surface area contributed by atoms with Crippen LogP contribution in [0.15, 0.2) is 42.7 Å². The number of halogens is 1. The Morgan fingerprint density at radius 3 is 2.71 bits per heavy atom. The molecule has 2 aromatic rings. The molecular formula is C22H29ClN2O3. The summed E-state index contributed by atoms with van der Waals surface area (Å²) in [5, 5.41) is 13.0. The Labute approximate surface area is 172 Å². The van der Waals surface area contributed by atoms with E-state index in [1.807, 2.05) is 30.3 Å². The Balaban J connectivity index is 1.90. The predicted octanol–water partition coefficient (Wildman–Crippen LogP) is 3.77. The molecule has 0 saturated heterocycles. The molecule has 2 atom stereocenters. The van der Waals surface area contributed by atoms with Crippen LogP contribution in [-0.4, -0.2) is 35.3 Å². The number of rotatable bonds is 8. The van der Waals surface area contributed by atoms with E-state index in [-0.39, 0.29) is 23.8 Å². The van der Waals surface area contributed by atoms with E-state index < -0.39 is 6.10 Å². The van der Waals surface area contributed by atoms with Gasteiger partial charge in [-0.25, -0.2) is 0 Å². The van der Waals surface area contributed by atoms with Crippen molar-refractivity contribution in [1.29, 1.82) is 0 Å². The molecule has 0 radical (unpaired) electrons. The van der Waals surface area contributed by atoms with E-state index in [0.717, 1.165) is 11.1 Å². The van der Waals surface area contributed by atoms with Crippen LogP contribution >= 0.6 is 11.6 Å². The van der Waals surface area contributed by atoms with Gasteiger partial charge in [-0.2, -0.15) is 0 Å². The molecule has 5 nitrogen and oxygen atoms in total. The number of aromatic nitrogens is 1. The number of aliphatic hydroxyl groups excluding tert-OH is 1. The molecule has 1 amide bonds. The summed E-state index contributed by atoms with van der Waals surface area (Å²) in [6, 6.07) is 9.61. The van der Waals surface area contributed by atoms with E-state index in [1.165, 1.54) is 0 Å². The van der Waals surface area contributed by atoms with Crippen LogP contribution in [0.25, 0.3) is 0 Å². The van der Waals surface area contributed by atoms with E-state index in [2.05, 4.69) is 31.1 Å². The molecule has 2 unspecified atom stereocenters. The number of carbonyl (C=O) groups excluding carboxylic acids is 1. The number of carbonyl (C=O) groups is 1. The van der Waals surface area contributed by atoms with Gasteiger partial charge in [-0.1, -0.05) is 44.5 Å². The van der Waals surface area contributed by atoms with Crippen molar-refractivity contribution in [2.75, 3.05) is 13.2 Å². The highest BCUT2D eigenvalue weighted by Gasteiger charge is 2.19. The summed E-state index contributed by atoms with van der Waals surface area (Å²) in [5.74, 6) is 0.304. The minimum atomic E-state index is -0.640. The molecular weight excluding hydrogens is 376 g/mol. The minimum absolute atomic E-state index is 0.00739.